The van der Waals surface area contributed by atoms with Crippen molar-refractivity contribution in [3.63, 3.8) is 0 Å². The SMILES string of the molecule is CC/C(C)=C1/CC=CC(C)=C1C. The third-order valence-electron chi connectivity index (χ3n) is 2.78. The van der Waals surface area contributed by atoms with Gasteiger partial charge in [0.1, 0.15) is 0 Å². The minimum Gasteiger partial charge on any atom is -0.0799 e. The van der Waals surface area contributed by atoms with Crippen LogP contribution in [-0.2, 0) is 0 Å². The molecule has 0 fully saturated rings. The zero-order chi connectivity index (χ0) is 9.14. The van der Waals surface area contributed by atoms with E-state index < -0.39 is 0 Å². The lowest BCUT2D eigenvalue weighted by Crippen LogP contribution is -1.96. The molecule has 0 atom stereocenters. The van der Waals surface area contributed by atoms with E-state index >= 15 is 0 Å². The molecule has 12 heavy (non-hydrogen) atoms. The number of hydrogen-bond donors (Lipinski definition) is 0. The summed E-state index contributed by atoms with van der Waals surface area (Å²) in [5.74, 6) is 0. The van der Waals surface area contributed by atoms with Crippen molar-refractivity contribution in [2.75, 3.05) is 0 Å². The summed E-state index contributed by atoms with van der Waals surface area (Å²) in [4.78, 5) is 0. The Morgan fingerprint density at radius 2 is 2.08 bits per heavy atom. The third kappa shape index (κ3) is 1.69. The monoisotopic (exact) mass is 162 g/mol. The zero-order valence-electron chi connectivity index (χ0n) is 8.57. The largest absolute Gasteiger partial charge is 0.0799 e. The van der Waals surface area contributed by atoms with Gasteiger partial charge in [0.05, 0.1) is 0 Å². The van der Waals surface area contributed by atoms with E-state index in [-0.39, 0.29) is 0 Å². The molecule has 1 aliphatic carbocycles. The normalized spacial score (nSPS) is 21.7. The predicted molar refractivity (Wildman–Crippen MR) is 55.1 cm³/mol. The van der Waals surface area contributed by atoms with Crippen LogP contribution in [0.5, 0.6) is 0 Å². The molecule has 0 aromatic heterocycles. The van der Waals surface area contributed by atoms with Crippen molar-refractivity contribution in [2.24, 2.45) is 0 Å². The Morgan fingerprint density at radius 3 is 2.67 bits per heavy atom. The Hall–Kier alpha value is -0.780. The van der Waals surface area contributed by atoms with Gasteiger partial charge in [0.25, 0.3) is 0 Å². The van der Waals surface area contributed by atoms with E-state index in [0.717, 1.165) is 6.42 Å². The molecule has 0 saturated carbocycles. The van der Waals surface area contributed by atoms with Crippen LogP contribution >= 0.6 is 0 Å². The summed E-state index contributed by atoms with van der Waals surface area (Å²) in [5.41, 5.74) is 6.00. The molecule has 0 radical (unpaired) electrons. The zero-order valence-corrected chi connectivity index (χ0v) is 8.57. The van der Waals surface area contributed by atoms with Crippen LogP contribution in [0.15, 0.2) is 34.4 Å². The molecule has 0 aliphatic heterocycles. The first kappa shape index (κ1) is 9.31. The Balaban J connectivity index is 3.05. The number of hydrogen-bond acceptors (Lipinski definition) is 0. The molecule has 0 amide bonds. The summed E-state index contributed by atoms with van der Waals surface area (Å²) < 4.78 is 0. The standard InChI is InChI=1S/C12H18/c1-5-9(2)12-8-6-7-10(3)11(12)4/h6-7H,5,8H2,1-4H3/b12-9-. The molecule has 0 aromatic carbocycles. The van der Waals surface area contributed by atoms with Gasteiger partial charge in [-0.05, 0) is 50.3 Å². The first-order valence-corrected chi connectivity index (χ1v) is 4.69. The van der Waals surface area contributed by atoms with Crippen LogP contribution in [0, 0.1) is 0 Å². The van der Waals surface area contributed by atoms with Crippen molar-refractivity contribution >= 4 is 0 Å². The van der Waals surface area contributed by atoms with E-state index in [4.69, 9.17) is 0 Å². The lowest BCUT2D eigenvalue weighted by Gasteiger charge is -2.16. The highest BCUT2D eigenvalue weighted by Gasteiger charge is 2.07. The van der Waals surface area contributed by atoms with Gasteiger partial charge in [0.15, 0.2) is 0 Å². The Bertz CT molecular complexity index is 262. The summed E-state index contributed by atoms with van der Waals surface area (Å²) in [6.45, 7) is 8.88. The molecule has 1 aliphatic rings. The fourth-order valence-electron chi connectivity index (χ4n) is 1.58. The molecule has 0 heterocycles. The molecule has 0 bridgehead atoms. The van der Waals surface area contributed by atoms with Gasteiger partial charge in [-0.25, -0.2) is 0 Å². The van der Waals surface area contributed by atoms with Crippen LogP contribution < -0.4 is 0 Å². The lowest BCUT2D eigenvalue weighted by molar-refractivity contribution is 1.01. The highest BCUT2D eigenvalue weighted by atomic mass is 14.1. The minimum atomic E-state index is 1.13. The second-order valence-corrected chi connectivity index (χ2v) is 3.53. The van der Waals surface area contributed by atoms with Gasteiger partial charge in [-0.3, -0.25) is 0 Å². The van der Waals surface area contributed by atoms with E-state index in [9.17, 15) is 0 Å². The summed E-state index contributed by atoms with van der Waals surface area (Å²) in [7, 11) is 0. The van der Waals surface area contributed by atoms with Gasteiger partial charge in [-0.15, -0.1) is 0 Å². The first-order valence-electron chi connectivity index (χ1n) is 4.69. The highest BCUT2D eigenvalue weighted by molar-refractivity contribution is 5.44. The Kier molecular flexibility index (Phi) is 2.91. The van der Waals surface area contributed by atoms with Gasteiger partial charge in [-0.2, -0.15) is 0 Å². The van der Waals surface area contributed by atoms with Crippen LogP contribution in [0.2, 0.25) is 0 Å². The van der Waals surface area contributed by atoms with E-state index in [1.54, 1.807) is 5.57 Å². The van der Waals surface area contributed by atoms with Crippen molar-refractivity contribution in [2.45, 2.75) is 40.5 Å². The summed E-state index contributed by atoms with van der Waals surface area (Å²) in [6, 6.07) is 0. The Morgan fingerprint density at radius 1 is 1.42 bits per heavy atom. The average molecular weight is 162 g/mol. The van der Waals surface area contributed by atoms with E-state index in [2.05, 4.69) is 39.8 Å². The second-order valence-electron chi connectivity index (χ2n) is 3.53. The second kappa shape index (κ2) is 3.75. The highest BCUT2D eigenvalue weighted by Crippen LogP contribution is 2.27. The van der Waals surface area contributed by atoms with E-state index in [0.29, 0.717) is 0 Å². The fourth-order valence-corrected chi connectivity index (χ4v) is 1.58. The van der Waals surface area contributed by atoms with Crippen LogP contribution in [0.3, 0.4) is 0 Å². The van der Waals surface area contributed by atoms with Gasteiger partial charge in [0.2, 0.25) is 0 Å². The molecule has 66 valence electrons. The lowest BCUT2D eigenvalue weighted by atomic mass is 9.90. The number of allylic oxidation sites excluding steroid dienone is 6. The molecule has 0 unspecified atom stereocenters. The quantitative estimate of drug-likeness (QED) is 0.546. The van der Waals surface area contributed by atoms with Gasteiger partial charge in [0, 0.05) is 0 Å². The summed E-state index contributed by atoms with van der Waals surface area (Å²) in [5, 5.41) is 0. The van der Waals surface area contributed by atoms with Gasteiger partial charge < -0.3 is 0 Å². The maximum atomic E-state index is 2.26. The maximum Gasteiger partial charge on any atom is -0.00921 e. The molecule has 0 nitrogen and oxygen atoms in total. The van der Waals surface area contributed by atoms with Crippen LogP contribution in [0.25, 0.3) is 0 Å². The molecular weight excluding hydrogens is 144 g/mol. The van der Waals surface area contributed by atoms with Crippen molar-refractivity contribution < 1.29 is 0 Å². The maximum absolute atomic E-state index is 2.26. The summed E-state index contributed by atoms with van der Waals surface area (Å²) >= 11 is 0. The topological polar surface area (TPSA) is 0 Å². The molecule has 0 aromatic rings. The molecule has 0 N–H and O–H groups in total. The van der Waals surface area contributed by atoms with Gasteiger partial charge >= 0.3 is 0 Å². The Labute approximate surface area is 75.7 Å². The molecule has 0 heteroatoms. The average Bonchev–Trinajstić information content (AvgIpc) is 2.08. The van der Waals surface area contributed by atoms with Crippen molar-refractivity contribution in [1.82, 2.24) is 0 Å². The molecule has 0 spiro atoms. The van der Waals surface area contributed by atoms with Crippen molar-refractivity contribution in [3.05, 3.63) is 34.4 Å². The third-order valence-corrected chi connectivity index (χ3v) is 2.78. The van der Waals surface area contributed by atoms with Crippen molar-refractivity contribution in [1.29, 1.82) is 0 Å². The molecular formula is C12H18. The van der Waals surface area contributed by atoms with Crippen LogP contribution in [0.1, 0.15) is 40.5 Å². The van der Waals surface area contributed by atoms with Gasteiger partial charge in [-0.1, -0.05) is 24.6 Å². The molecule has 1 rings (SSSR count). The smallest absolute Gasteiger partial charge is 0.00921 e. The van der Waals surface area contributed by atoms with Crippen molar-refractivity contribution in [3.8, 4) is 0 Å². The molecule has 0 saturated heterocycles. The van der Waals surface area contributed by atoms with Crippen LogP contribution in [-0.4, -0.2) is 0 Å². The van der Waals surface area contributed by atoms with E-state index in [1.165, 1.54) is 23.1 Å². The van der Waals surface area contributed by atoms with E-state index in [1.807, 2.05) is 0 Å². The number of rotatable bonds is 1. The summed E-state index contributed by atoms with van der Waals surface area (Å²) in [6.07, 6.45) is 6.79. The van der Waals surface area contributed by atoms with Crippen LogP contribution in [0.4, 0.5) is 0 Å². The minimum absolute atomic E-state index is 1.13. The first-order chi connectivity index (χ1) is 5.66. The fraction of sp³-hybridized carbons (Fsp3) is 0.500. The predicted octanol–water partition coefficient (Wildman–Crippen LogP) is 4.01.